The molecule has 0 aliphatic heterocycles. The number of ether oxygens (including phenoxy) is 1. The van der Waals surface area contributed by atoms with Gasteiger partial charge >= 0.3 is 5.97 Å². The maximum atomic E-state index is 12.1. The predicted molar refractivity (Wildman–Crippen MR) is 81.5 cm³/mol. The molecule has 0 unspecified atom stereocenters. The van der Waals surface area contributed by atoms with Crippen LogP contribution in [0, 0.1) is 13.8 Å². The quantitative estimate of drug-likeness (QED) is 0.618. The minimum Gasteiger partial charge on any atom is -0.461 e. The third-order valence-electron chi connectivity index (χ3n) is 2.89. The Balaban J connectivity index is 2.55. The summed E-state index contributed by atoms with van der Waals surface area (Å²) in [4.78, 5) is 11.6. The second kappa shape index (κ2) is 7.38. The van der Waals surface area contributed by atoms with Crippen molar-refractivity contribution in [3.63, 3.8) is 0 Å². The van der Waals surface area contributed by atoms with E-state index in [1.807, 2.05) is 13.8 Å². The normalized spacial score (nSPS) is 11.2. The molecule has 0 atom stereocenters. The van der Waals surface area contributed by atoms with Crippen molar-refractivity contribution in [1.29, 1.82) is 0 Å². The summed E-state index contributed by atoms with van der Waals surface area (Å²) < 4.78 is 31.4. The van der Waals surface area contributed by atoms with Gasteiger partial charge in [-0.05, 0) is 49.6 Å². The molecule has 1 aromatic carbocycles. The zero-order chi connectivity index (χ0) is 16.0. The molecule has 6 heteroatoms. The average Bonchev–Trinajstić information content (AvgIpc) is 2.39. The standard InChI is InChI=1S/C15H21NO4S/c1-11(2)10-20-15(17)7-8-16-21(18,19)14-6-5-12(3)13(4)9-14/h5-6,9,16H,1,7-8,10H2,2-4H3. The Morgan fingerprint density at radius 3 is 2.52 bits per heavy atom. The summed E-state index contributed by atoms with van der Waals surface area (Å²) in [6.45, 7) is 9.28. The van der Waals surface area contributed by atoms with Gasteiger partial charge in [0.1, 0.15) is 6.61 Å². The van der Waals surface area contributed by atoms with Crippen molar-refractivity contribution in [3.8, 4) is 0 Å². The molecule has 0 fully saturated rings. The van der Waals surface area contributed by atoms with Crippen LogP contribution in [0.2, 0.25) is 0 Å². The van der Waals surface area contributed by atoms with Gasteiger partial charge in [0.05, 0.1) is 11.3 Å². The zero-order valence-electron chi connectivity index (χ0n) is 12.6. The van der Waals surface area contributed by atoms with Gasteiger partial charge in [-0.3, -0.25) is 4.79 Å². The van der Waals surface area contributed by atoms with E-state index in [0.717, 1.165) is 16.7 Å². The van der Waals surface area contributed by atoms with Gasteiger partial charge < -0.3 is 4.74 Å². The smallest absolute Gasteiger partial charge is 0.307 e. The molecule has 0 spiro atoms. The van der Waals surface area contributed by atoms with Crippen LogP contribution in [0.5, 0.6) is 0 Å². The molecule has 1 rings (SSSR count). The summed E-state index contributed by atoms with van der Waals surface area (Å²) >= 11 is 0. The fraction of sp³-hybridized carbons (Fsp3) is 0.400. The van der Waals surface area contributed by atoms with Crippen LogP contribution in [0.3, 0.4) is 0 Å². The van der Waals surface area contributed by atoms with E-state index >= 15 is 0 Å². The summed E-state index contributed by atoms with van der Waals surface area (Å²) in [7, 11) is -3.60. The third-order valence-corrected chi connectivity index (χ3v) is 4.35. The van der Waals surface area contributed by atoms with E-state index in [1.54, 1.807) is 25.1 Å². The highest BCUT2D eigenvalue weighted by Crippen LogP contribution is 2.14. The molecule has 116 valence electrons. The predicted octanol–water partition coefficient (Wildman–Crippen LogP) is 2.09. The topological polar surface area (TPSA) is 72.5 Å². The minimum atomic E-state index is -3.60. The summed E-state index contributed by atoms with van der Waals surface area (Å²) in [5.41, 5.74) is 2.66. The van der Waals surface area contributed by atoms with E-state index in [-0.39, 0.29) is 24.5 Å². The maximum Gasteiger partial charge on any atom is 0.307 e. The first-order chi connectivity index (χ1) is 9.72. The van der Waals surface area contributed by atoms with Crippen LogP contribution >= 0.6 is 0 Å². The van der Waals surface area contributed by atoms with Crippen molar-refractivity contribution >= 4 is 16.0 Å². The van der Waals surface area contributed by atoms with Crippen LogP contribution in [-0.2, 0) is 19.6 Å². The van der Waals surface area contributed by atoms with E-state index in [4.69, 9.17) is 4.74 Å². The molecule has 1 aromatic rings. The van der Waals surface area contributed by atoms with Crippen LogP contribution < -0.4 is 4.72 Å². The Labute approximate surface area is 126 Å². The Morgan fingerprint density at radius 2 is 1.95 bits per heavy atom. The van der Waals surface area contributed by atoms with Gasteiger partial charge in [-0.25, -0.2) is 13.1 Å². The van der Waals surface area contributed by atoms with E-state index in [9.17, 15) is 13.2 Å². The van der Waals surface area contributed by atoms with Gasteiger partial charge in [-0.1, -0.05) is 12.6 Å². The summed E-state index contributed by atoms with van der Waals surface area (Å²) in [6.07, 6.45) is -0.0165. The molecule has 0 heterocycles. The summed E-state index contributed by atoms with van der Waals surface area (Å²) in [6, 6.07) is 4.91. The number of carbonyl (C=O) groups excluding carboxylic acids is 1. The van der Waals surface area contributed by atoms with Crippen LogP contribution in [0.1, 0.15) is 24.5 Å². The fourth-order valence-corrected chi connectivity index (χ4v) is 2.64. The monoisotopic (exact) mass is 311 g/mol. The van der Waals surface area contributed by atoms with Crippen LogP contribution in [-0.4, -0.2) is 27.5 Å². The Kier molecular flexibility index (Phi) is 6.11. The van der Waals surface area contributed by atoms with Gasteiger partial charge in [0.25, 0.3) is 0 Å². The highest BCUT2D eigenvalue weighted by Gasteiger charge is 2.15. The second-order valence-electron chi connectivity index (χ2n) is 5.01. The summed E-state index contributed by atoms with van der Waals surface area (Å²) in [5.74, 6) is -0.458. The molecular formula is C15H21NO4S. The first-order valence-electron chi connectivity index (χ1n) is 6.59. The van der Waals surface area contributed by atoms with Gasteiger partial charge in [0.2, 0.25) is 10.0 Å². The van der Waals surface area contributed by atoms with Gasteiger partial charge in [-0.2, -0.15) is 0 Å². The van der Waals surface area contributed by atoms with Crippen LogP contribution in [0.25, 0.3) is 0 Å². The lowest BCUT2D eigenvalue weighted by atomic mass is 10.1. The van der Waals surface area contributed by atoms with E-state index in [0.29, 0.717) is 0 Å². The van der Waals surface area contributed by atoms with E-state index in [1.165, 1.54) is 0 Å². The number of esters is 1. The molecule has 0 radical (unpaired) electrons. The fourth-order valence-electron chi connectivity index (χ4n) is 1.53. The molecule has 0 bridgehead atoms. The van der Waals surface area contributed by atoms with Crippen molar-refractivity contribution in [2.75, 3.05) is 13.2 Å². The molecule has 21 heavy (non-hydrogen) atoms. The number of benzene rings is 1. The molecule has 5 nitrogen and oxygen atoms in total. The van der Waals surface area contributed by atoms with E-state index in [2.05, 4.69) is 11.3 Å². The number of sulfonamides is 1. The lowest BCUT2D eigenvalue weighted by Gasteiger charge is -2.09. The molecule has 0 aliphatic carbocycles. The highest BCUT2D eigenvalue weighted by molar-refractivity contribution is 7.89. The number of nitrogens with one attached hydrogen (secondary N) is 1. The minimum absolute atomic E-state index is 0.00425. The molecule has 1 N–H and O–H groups in total. The first kappa shape index (κ1) is 17.4. The molecule has 0 aliphatic rings. The SMILES string of the molecule is C=C(C)COC(=O)CCNS(=O)(=O)c1ccc(C)c(C)c1. The highest BCUT2D eigenvalue weighted by atomic mass is 32.2. The lowest BCUT2D eigenvalue weighted by molar-refractivity contribution is -0.142. The number of aryl methyl sites for hydroxylation is 2. The lowest BCUT2D eigenvalue weighted by Crippen LogP contribution is -2.27. The molecule has 0 saturated heterocycles. The second-order valence-corrected chi connectivity index (χ2v) is 6.78. The van der Waals surface area contributed by atoms with Gasteiger partial charge in [0.15, 0.2) is 0 Å². The number of rotatable bonds is 7. The Bertz CT molecular complexity index is 635. The number of hydrogen-bond acceptors (Lipinski definition) is 4. The Hall–Kier alpha value is -1.66. The largest absolute Gasteiger partial charge is 0.461 e. The van der Waals surface area contributed by atoms with Crippen molar-refractivity contribution in [2.45, 2.75) is 32.1 Å². The van der Waals surface area contributed by atoms with Crippen LogP contribution in [0.4, 0.5) is 0 Å². The average molecular weight is 311 g/mol. The number of hydrogen-bond donors (Lipinski definition) is 1. The van der Waals surface area contributed by atoms with Crippen molar-refractivity contribution in [1.82, 2.24) is 4.72 Å². The number of carbonyl (C=O) groups is 1. The third kappa shape index (κ3) is 5.69. The van der Waals surface area contributed by atoms with E-state index < -0.39 is 16.0 Å². The van der Waals surface area contributed by atoms with Crippen molar-refractivity contribution in [2.24, 2.45) is 0 Å². The zero-order valence-corrected chi connectivity index (χ0v) is 13.4. The van der Waals surface area contributed by atoms with Gasteiger partial charge in [0, 0.05) is 6.54 Å². The molecule has 0 aromatic heterocycles. The van der Waals surface area contributed by atoms with Crippen molar-refractivity contribution in [3.05, 3.63) is 41.5 Å². The van der Waals surface area contributed by atoms with Crippen LogP contribution in [0.15, 0.2) is 35.2 Å². The maximum absolute atomic E-state index is 12.1. The molecular weight excluding hydrogens is 290 g/mol. The first-order valence-corrected chi connectivity index (χ1v) is 8.07. The Morgan fingerprint density at radius 1 is 1.29 bits per heavy atom. The summed E-state index contributed by atoms with van der Waals surface area (Å²) in [5, 5.41) is 0. The van der Waals surface area contributed by atoms with Crippen molar-refractivity contribution < 1.29 is 17.9 Å². The van der Waals surface area contributed by atoms with Gasteiger partial charge in [-0.15, -0.1) is 0 Å². The molecule has 0 saturated carbocycles. The molecule has 0 amide bonds.